The van der Waals surface area contributed by atoms with Crippen LogP contribution in [-0.4, -0.2) is 38.0 Å². The van der Waals surface area contributed by atoms with E-state index in [2.05, 4.69) is 26.7 Å². The number of rotatable bonds is 8. The van der Waals surface area contributed by atoms with E-state index >= 15 is 0 Å². The summed E-state index contributed by atoms with van der Waals surface area (Å²) >= 11 is 1.30. The number of carbonyl (C=O) groups excluding carboxylic acids is 1. The van der Waals surface area contributed by atoms with Gasteiger partial charge >= 0.3 is 0 Å². The molecule has 0 saturated carbocycles. The third kappa shape index (κ3) is 4.11. The van der Waals surface area contributed by atoms with Crippen LogP contribution < -0.4 is 10.1 Å². The highest BCUT2D eigenvalue weighted by Gasteiger charge is 2.22. The highest BCUT2D eigenvalue weighted by atomic mass is 32.2. The molecule has 4 rings (SSSR count). The van der Waals surface area contributed by atoms with Crippen molar-refractivity contribution in [3.8, 4) is 5.75 Å². The average molecular weight is 434 g/mol. The van der Waals surface area contributed by atoms with Crippen LogP contribution in [0, 0.1) is 0 Å². The number of amides is 1. The van der Waals surface area contributed by atoms with E-state index in [9.17, 15) is 4.79 Å². The molecule has 0 spiro atoms. The van der Waals surface area contributed by atoms with Crippen LogP contribution in [0.1, 0.15) is 13.3 Å². The molecule has 0 bridgehead atoms. The smallest absolute Gasteiger partial charge is 0.238 e. The third-order valence-electron chi connectivity index (χ3n) is 4.94. The molecule has 2 aromatic carbocycles. The Morgan fingerprint density at radius 2 is 2.00 bits per heavy atom. The maximum Gasteiger partial charge on any atom is 0.238 e. The second kappa shape index (κ2) is 9.18. The van der Waals surface area contributed by atoms with Gasteiger partial charge in [0.05, 0.1) is 23.6 Å². The fourth-order valence-corrected chi connectivity index (χ4v) is 4.28. The number of fused-ring (bicyclic) bond motifs is 3. The number of ether oxygens (including phenoxy) is 1. The van der Waals surface area contributed by atoms with Gasteiger partial charge in [0.25, 0.3) is 0 Å². The number of allylic oxidation sites excluding steroid dienone is 1. The molecular weight excluding hydrogens is 410 g/mol. The van der Waals surface area contributed by atoms with Gasteiger partial charge in [-0.3, -0.25) is 4.79 Å². The number of benzene rings is 2. The van der Waals surface area contributed by atoms with Gasteiger partial charge in [0, 0.05) is 11.9 Å². The summed E-state index contributed by atoms with van der Waals surface area (Å²) in [6.45, 7) is 6.43. The minimum atomic E-state index is -0.374. The molecule has 158 valence electrons. The normalized spacial score (nSPS) is 12.1. The van der Waals surface area contributed by atoms with Crippen molar-refractivity contribution in [3.63, 3.8) is 0 Å². The molecule has 4 aromatic rings. The molecule has 2 aromatic heterocycles. The number of hydrogen-bond donors (Lipinski definition) is 1. The summed E-state index contributed by atoms with van der Waals surface area (Å²) in [6.07, 6.45) is 2.44. The van der Waals surface area contributed by atoms with Gasteiger partial charge < -0.3 is 14.6 Å². The van der Waals surface area contributed by atoms with Gasteiger partial charge in [0.1, 0.15) is 11.3 Å². The fraction of sp³-hybridized carbons (Fsp3) is 0.217. The van der Waals surface area contributed by atoms with E-state index in [1.807, 2.05) is 61.5 Å². The molecule has 0 aliphatic carbocycles. The van der Waals surface area contributed by atoms with E-state index in [1.165, 1.54) is 11.8 Å². The van der Waals surface area contributed by atoms with E-state index in [-0.39, 0.29) is 11.2 Å². The maximum absolute atomic E-state index is 12.9. The first kappa shape index (κ1) is 20.9. The molecule has 0 saturated heterocycles. The number of nitrogens with one attached hydrogen (secondary N) is 1. The van der Waals surface area contributed by atoms with Crippen LogP contribution in [0.25, 0.3) is 22.1 Å². The van der Waals surface area contributed by atoms with Crippen molar-refractivity contribution in [3.05, 3.63) is 61.2 Å². The quantitative estimate of drug-likeness (QED) is 0.321. The summed E-state index contributed by atoms with van der Waals surface area (Å²) in [5.74, 6) is 0.483. The molecule has 1 amide bonds. The van der Waals surface area contributed by atoms with Crippen LogP contribution in [0.3, 0.4) is 0 Å². The fourth-order valence-electron chi connectivity index (χ4n) is 3.46. The minimum Gasteiger partial charge on any atom is -0.495 e. The first-order chi connectivity index (χ1) is 15.2. The number of methoxy groups -OCH3 is 1. The van der Waals surface area contributed by atoms with E-state index in [0.29, 0.717) is 29.6 Å². The van der Waals surface area contributed by atoms with E-state index in [4.69, 9.17) is 9.72 Å². The lowest BCUT2D eigenvalue weighted by molar-refractivity contribution is -0.115. The number of hydrogen-bond acceptors (Lipinski definition) is 6. The first-order valence-electron chi connectivity index (χ1n) is 9.99. The molecule has 1 atom stereocenters. The minimum absolute atomic E-state index is 0.132. The zero-order valence-corrected chi connectivity index (χ0v) is 18.2. The average Bonchev–Trinajstić information content (AvgIpc) is 3.11. The molecule has 7 nitrogen and oxygen atoms in total. The molecule has 8 heteroatoms. The van der Waals surface area contributed by atoms with E-state index in [0.717, 1.165) is 22.1 Å². The second-order valence-electron chi connectivity index (χ2n) is 6.89. The first-order valence-corrected chi connectivity index (χ1v) is 10.9. The summed E-state index contributed by atoms with van der Waals surface area (Å²) < 4.78 is 7.39. The van der Waals surface area contributed by atoms with Crippen LogP contribution in [0.5, 0.6) is 5.75 Å². The van der Waals surface area contributed by atoms with Crippen molar-refractivity contribution < 1.29 is 9.53 Å². The Balaban J connectivity index is 1.63. The number of carbonyl (C=O) groups is 1. The van der Waals surface area contributed by atoms with Gasteiger partial charge in [0.15, 0.2) is 5.65 Å². The van der Waals surface area contributed by atoms with Crippen LogP contribution in [0.4, 0.5) is 5.69 Å². The van der Waals surface area contributed by atoms with Crippen molar-refractivity contribution in [1.29, 1.82) is 0 Å². The van der Waals surface area contributed by atoms with Gasteiger partial charge in [-0.25, -0.2) is 4.98 Å². The Morgan fingerprint density at radius 1 is 1.23 bits per heavy atom. The lowest BCUT2D eigenvalue weighted by Gasteiger charge is -2.15. The van der Waals surface area contributed by atoms with Gasteiger partial charge in [0.2, 0.25) is 11.1 Å². The lowest BCUT2D eigenvalue weighted by Crippen LogP contribution is -2.25. The maximum atomic E-state index is 12.9. The Morgan fingerprint density at radius 3 is 2.77 bits per heavy atom. The summed E-state index contributed by atoms with van der Waals surface area (Å²) in [6, 6.07) is 15.3. The number of para-hydroxylation sites is 3. The van der Waals surface area contributed by atoms with Crippen molar-refractivity contribution >= 4 is 45.4 Å². The molecule has 0 aliphatic heterocycles. The number of thioether (sulfide) groups is 1. The molecular formula is C23H23N5O2S. The van der Waals surface area contributed by atoms with Crippen LogP contribution >= 0.6 is 11.8 Å². The summed E-state index contributed by atoms with van der Waals surface area (Å²) in [7, 11) is 1.58. The highest BCUT2D eigenvalue weighted by Crippen LogP contribution is 2.30. The SMILES string of the molecule is C=CCn1c2ccccc2c2nnc(S[C@@H](CC)C(=O)Nc3ccccc3OC)nc21. The number of anilines is 1. The Bertz CT molecular complexity index is 1250. The van der Waals surface area contributed by atoms with Crippen molar-refractivity contribution in [2.24, 2.45) is 0 Å². The molecule has 0 unspecified atom stereocenters. The van der Waals surface area contributed by atoms with Crippen molar-refractivity contribution in [1.82, 2.24) is 19.7 Å². The second-order valence-corrected chi connectivity index (χ2v) is 8.06. The van der Waals surface area contributed by atoms with E-state index < -0.39 is 0 Å². The largest absolute Gasteiger partial charge is 0.495 e. The molecule has 31 heavy (non-hydrogen) atoms. The van der Waals surface area contributed by atoms with Gasteiger partial charge in [-0.2, -0.15) is 0 Å². The summed E-state index contributed by atoms with van der Waals surface area (Å²) in [5, 5.41) is 12.8. The number of nitrogens with zero attached hydrogens (tertiary/aromatic N) is 4. The standard InChI is InChI=1S/C23H23N5O2S/c1-4-14-28-17-12-8-6-10-15(17)20-21(28)25-23(27-26-20)31-19(5-2)22(29)24-16-11-7-9-13-18(16)30-3/h4,6-13,19H,1,5,14H2,2-3H3,(H,24,29)/t19-/m0/s1. The van der Waals surface area contributed by atoms with Gasteiger partial charge in [-0.1, -0.05) is 55.1 Å². The topological polar surface area (TPSA) is 81.9 Å². The predicted octanol–water partition coefficient (Wildman–Crippen LogP) is 4.68. The third-order valence-corrected chi connectivity index (χ3v) is 6.16. The van der Waals surface area contributed by atoms with E-state index in [1.54, 1.807) is 7.11 Å². The van der Waals surface area contributed by atoms with Gasteiger partial charge in [-0.15, -0.1) is 16.8 Å². The van der Waals surface area contributed by atoms with Gasteiger partial charge in [-0.05, 0) is 24.6 Å². The molecule has 0 fully saturated rings. The molecule has 0 radical (unpaired) electrons. The zero-order valence-electron chi connectivity index (χ0n) is 17.4. The highest BCUT2D eigenvalue weighted by molar-refractivity contribution is 8.00. The van der Waals surface area contributed by atoms with Crippen LogP contribution in [-0.2, 0) is 11.3 Å². The number of aromatic nitrogens is 4. The van der Waals surface area contributed by atoms with Crippen LogP contribution in [0.15, 0.2) is 66.3 Å². The molecule has 2 heterocycles. The Kier molecular flexibility index (Phi) is 6.18. The predicted molar refractivity (Wildman–Crippen MR) is 125 cm³/mol. The zero-order chi connectivity index (χ0) is 21.8. The Labute approximate surface area is 184 Å². The van der Waals surface area contributed by atoms with Crippen molar-refractivity contribution in [2.45, 2.75) is 30.3 Å². The lowest BCUT2D eigenvalue weighted by atomic mass is 10.2. The Hall–Kier alpha value is -3.39. The summed E-state index contributed by atoms with van der Waals surface area (Å²) in [5.41, 5.74) is 3.14. The monoisotopic (exact) mass is 433 g/mol. The van der Waals surface area contributed by atoms with Crippen LogP contribution in [0.2, 0.25) is 0 Å². The molecule has 0 aliphatic rings. The molecule has 1 N–H and O–H groups in total. The van der Waals surface area contributed by atoms with Crippen molar-refractivity contribution in [2.75, 3.05) is 12.4 Å². The summed E-state index contributed by atoms with van der Waals surface area (Å²) in [4.78, 5) is 17.6.